The van der Waals surface area contributed by atoms with Crippen molar-refractivity contribution >= 4 is 15.8 Å². The van der Waals surface area contributed by atoms with Gasteiger partial charge in [-0.1, -0.05) is 31.9 Å². The van der Waals surface area contributed by atoms with Crippen LogP contribution in [0.15, 0.2) is 28.1 Å². The Labute approximate surface area is 177 Å². The second-order valence-electron chi connectivity index (χ2n) is 8.74. The molecule has 0 saturated heterocycles. The van der Waals surface area contributed by atoms with Crippen molar-refractivity contribution in [2.75, 3.05) is 33.4 Å². The fraction of sp³-hybridized carbons (Fsp3) is 0.682. The number of hydrogen-bond donors (Lipinski definition) is 2. The van der Waals surface area contributed by atoms with Gasteiger partial charge in [0, 0.05) is 24.9 Å². The number of guanidine groups is 1. The van der Waals surface area contributed by atoms with Gasteiger partial charge in [0.25, 0.3) is 0 Å². The summed E-state index contributed by atoms with van der Waals surface area (Å²) in [6, 6.07) is 5.44. The zero-order chi connectivity index (χ0) is 21.7. The van der Waals surface area contributed by atoms with Crippen molar-refractivity contribution in [3.05, 3.63) is 29.3 Å². The molecule has 2 N–H and O–H groups in total. The molecule has 2 unspecified atom stereocenters. The Kier molecular flexibility index (Phi) is 8.11. The molecule has 1 fully saturated rings. The first-order valence-electron chi connectivity index (χ1n) is 10.6. The molecule has 0 aromatic heterocycles. The van der Waals surface area contributed by atoms with E-state index in [1.165, 1.54) is 31.9 Å². The summed E-state index contributed by atoms with van der Waals surface area (Å²) in [6.45, 7) is 8.40. The molecule has 29 heavy (non-hydrogen) atoms. The van der Waals surface area contributed by atoms with E-state index in [9.17, 15) is 8.42 Å². The normalized spacial score (nSPS) is 23.3. The van der Waals surface area contributed by atoms with Crippen LogP contribution in [0.3, 0.4) is 0 Å². The third-order valence-corrected chi connectivity index (χ3v) is 7.26. The number of nitrogens with one attached hydrogen (secondary N) is 2. The molecule has 1 saturated carbocycles. The number of nitrogens with zero attached hydrogens (tertiary/aromatic N) is 2. The summed E-state index contributed by atoms with van der Waals surface area (Å²) in [6.07, 6.45) is 6.21. The van der Waals surface area contributed by atoms with Gasteiger partial charge in [0.1, 0.15) is 0 Å². The smallest absolute Gasteiger partial charge is 0.191 e. The fourth-order valence-electron chi connectivity index (χ4n) is 4.34. The van der Waals surface area contributed by atoms with Gasteiger partial charge in [-0.05, 0) is 63.9 Å². The third-order valence-electron chi connectivity index (χ3n) is 6.00. The molecule has 2 atom stereocenters. The number of likely N-dealkylation sites (N-methyl/N-ethyl adjacent to an activating group) is 1. The monoisotopic (exact) mass is 422 g/mol. The minimum atomic E-state index is -3.20. The molecule has 2 rings (SSSR count). The average Bonchev–Trinajstić information content (AvgIpc) is 2.63. The van der Waals surface area contributed by atoms with E-state index < -0.39 is 9.84 Å². The summed E-state index contributed by atoms with van der Waals surface area (Å²) in [4.78, 5) is 7.49. The van der Waals surface area contributed by atoms with Crippen molar-refractivity contribution in [3.63, 3.8) is 0 Å². The van der Waals surface area contributed by atoms with E-state index in [0.717, 1.165) is 36.1 Å². The van der Waals surface area contributed by atoms with Gasteiger partial charge in [-0.3, -0.25) is 0 Å². The highest BCUT2D eigenvalue weighted by atomic mass is 32.2. The van der Waals surface area contributed by atoms with Crippen molar-refractivity contribution in [2.45, 2.75) is 63.4 Å². The van der Waals surface area contributed by atoms with E-state index in [2.05, 4.69) is 43.5 Å². The first-order chi connectivity index (χ1) is 13.6. The van der Waals surface area contributed by atoms with Crippen LogP contribution < -0.4 is 10.6 Å². The number of aliphatic imine (C=N–C) groups is 1. The Bertz CT molecular complexity index is 820. The molecule has 1 aromatic carbocycles. The van der Waals surface area contributed by atoms with Crippen molar-refractivity contribution in [1.82, 2.24) is 15.5 Å². The third kappa shape index (κ3) is 6.44. The minimum Gasteiger partial charge on any atom is -0.357 e. The maximum atomic E-state index is 11.8. The molecule has 7 heteroatoms. The molecule has 0 spiro atoms. The Morgan fingerprint density at radius 2 is 2.03 bits per heavy atom. The van der Waals surface area contributed by atoms with Crippen LogP contribution in [0.4, 0.5) is 0 Å². The van der Waals surface area contributed by atoms with E-state index in [1.54, 1.807) is 6.07 Å². The standard InChI is InChI=1S/C22H38N4O2S/c1-7-23-21(25-16-22(26(4)5)12-8-9-17(2)14-22)24-15-19-10-11-20(18(3)13-19)29(6,27)28/h10-11,13,17H,7-9,12,14-16H2,1-6H3,(H2,23,24,25). The van der Waals surface area contributed by atoms with Crippen LogP contribution in [-0.4, -0.2) is 58.3 Å². The molecule has 1 aromatic rings. The van der Waals surface area contributed by atoms with Gasteiger partial charge in [0.15, 0.2) is 15.8 Å². The lowest BCUT2D eigenvalue weighted by Gasteiger charge is -2.45. The number of sulfone groups is 1. The molecule has 0 bridgehead atoms. The first-order valence-corrected chi connectivity index (χ1v) is 12.5. The Morgan fingerprint density at radius 1 is 1.31 bits per heavy atom. The van der Waals surface area contributed by atoms with Gasteiger partial charge in [-0.15, -0.1) is 0 Å². The Hall–Kier alpha value is -1.60. The van der Waals surface area contributed by atoms with Crippen molar-refractivity contribution in [2.24, 2.45) is 10.9 Å². The number of aryl methyl sites for hydroxylation is 1. The molecule has 0 heterocycles. The van der Waals surface area contributed by atoms with Crippen LogP contribution in [0.1, 0.15) is 50.7 Å². The van der Waals surface area contributed by atoms with E-state index in [-0.39, 0.29) is 5.54 Å². The van der Waals surface area contributed by atoms with E-state index in [4.69, 9.17) is 4.99 Å². The summed E-state index contributed by atoms with van der Waals surface area (Å²) in [7, 11) is 1.16. The van der Waals surface area contributed by atoms with Crippen LogP contribution in [0.2, 0.25) is 0 Å². The highest BCUT2D eigenvalue weighted by molar-refractivity contribution is 7.90. The maximum Gasteiger partial charge on any atom is 0.191 e. The quantitative estimate of drug-likeness (QED) is 0.522. The predicted molar refractivity (Wildman–Crippen MR) is 121 cm³/mol. The lowest BCUT2D eigenvalue weighted by molar-refractivity contribution is 0.0795. The van der Waals surface area contributed by atoms with Gasteiger partial charge in [0.2, 0.25) is 0 Å². The van der Waals surface area contributed by atoms with Gasteiger partial charge in [0.05, 0.1) is 11.4 Å². The molecular weight excluding hydrogens is 384 g/mol. The van der Waals surface area contributed by atoms with Crippen molar-refractivity contribution < 1.29 is 8.42 Å². The Balaban J connectivity index is 2.10. The van der Waals surface area contributed by atoms with Gasteiger partial charge >= 0.3 is 0 Å². The summed E-state index contributed by atoms with van der Waals surface area (Å²) < 4.78 is 23.6. The second kappa shape index (κ2) is 9.94. The highest BCUT2D eigenvalue weighted by Crippen LogP contribution is 2.35. The predicted octanol–water partition coefficient (Wildman–Crippen LogP) is 2.96. The Morgan fingerprint density at radius 3 is 2.59 bits per heavy atom. The van der Waals surface area contributed by atoms with Crippen molar-refractivity contribution in [1.29, 1.82) is 0 Å². The lowest BCUT2D eigenvalue weighted by atomic mass is 9.75. The zero-order valence-corrected chi connectivity index (χ0v) is 19.7. The number of hydrogen-bond acceptors (Lipinski definition) is 4. The molecule has 0 aliphatic heterocycles. The fourth-order valence-corrected chi connectivity index (χ4v) is 5.30. The molecule has 6 nitrogen and oxygen atoms in total. The summed E-state index contributed by atoms with van der Waals surface area (Å²) in [5, 5.41) is 6.89. The van der Waals surface area contributed by atoms with Crippen LogP contribution in [0, 0.1) is 12.8 Å². The second-order valence-corrected chi connectivity index (χ2v) is 10.7. The maximum absolute atomic E-state index is 11.8. The molecule has 1 aliphatic rings. The summed E-state index contributed by atoms with van der Waals surface area (Å²) in [5.74, 6) is 1.54. The zero-order valence-electron chi connectivity index (χ0n) is 18.9. The van der Waals surface area contributed by atoms with Crippen LogP contribution in [-0.2, 0) is 16.4 Å². The average molecular weight is 423 g/mol. The molecular formula is C22H38N4O2S. The van der Waals surface area contributed by atoms with Gasteiger partial charge in [-0.2, -0.15) is 0 Å². The largest absolute Gasteiger partial charge is 0.357 e. The highest BCUT2D eigenvalue weighted by Gasteiger charge is 2.36. The molecule has 164 valence electrons. The van der Waals surface area contributed by atoms with E-state index >= 15 is 0 Å². The molecule has 0 amide bonds. The van der Waals surface area contributed by atoms with E-state index in [1.807, 2.05) is 19.1 Å². The number of rotatable bonds is 7. The summed E-state index contributed by atoms with van der Waals surface area (Å²) >= 11 is 0. The number of benzene rings is 1. The summed E-state index contributed by atoms with van der Waals surface area (Å²) in [5.41, 5.74) is 1.92. The topological polar surface area (TPSA) is 73.8 Å². The SMILES string of the molecule is CCNC(=NCc1ccc(S(C)(=O)=O)c(C)c1)NCC1(N(C)C)CCCC(C)C1. The van der Waals surface area contributed by atoms with Gasteiger partial charge < -0.3 is 15.5 Å². The molecule has 0 radical (unpaired) electrons. The van der Waals surface area contributed by atoms with Crippen LogP contribution in [0.25, 0.3) is 0 Å². The van der Waals surface area contributed by atoms with Gasteiger partial charge in [-0.25, -0.2) is 13.4 Å². The first kappa shape index (κ1) is 23.7. The molecule has 1 aliphatic carbocycles. The van der Waals surface area contributed by atoms with Crippen LogP contribution >= 0.6 is 0 Å². The minimum absolute atomic E-state index is 0.154. The van der Waals surface area contributed by atoms with Crippen LogP contribution in [0.5, 0.6) is 0 Å². The van der Waals surface area contributed by atoms with E-state index in [0.29, 0.717) is 11.4 Å². The van der Waals surface area contributed by atoms with Crippen molar-refractivity contribution in [3.8, 4) is 0 Å². The lowest BCUT2D eigenvalue weighted by Crippen LogP contribution is -2.56.